The van der Waals surface area contributed by atoms with E-state index in [4.69, 9.17) is 5.73 Å². The summed E-state index contributed by atoms with van der Waals surface area (Å²) in [5.41, 5.74) is 12.9. The molecule has 3 heterocycles. The van der Waals surface area contributed by atoms with Gasteiger partial charge in [-0.3, -0.25) is 0 Å². The SMILES string of the molecule is C/C=C(\C=C/N)n1c2ccccc2c2c3sc4ccc(-n5c6ccccc6c6ccccc65)cc4c3ccc21. The van der Waals surface area contributed by atoms with E-state index in [1.54, 1.807) is 6.20 Å². The van der Waals surface area contributed by atoms with Crippen LogP contribution in [0.5, 0.6) is 0 Å². The van der Waals surface area contributed by atoms with E-state index in [-0.39, 0.29) is 0 Å². The zero-order chi connectivity index (χ0) is 26.1. The summed E-state index contributed by atoms with van der Waals surface area (Å²) in [6, 6.07) is 37.5. The second-order valence-corrected chi connectivity index (χ2v) is 11.0. The number of hydrogen-bond donors (Lipinski definition) is 1. The minimum atomic E-state index is 1.07. The first-order chi connectivity index (χ1) is 19.3. The highest BCUT2D eigenvalue weighted by molar-refractivity contribution is 7.26. The van der Waals surface area contributed by atoms with Gasteiger partial charge in [0.2, 0.25) is 0 Å². The Morgan fingerprint density at radius 3 is 2.03 bits per heavy atom. The molecule has 0 amide bonds. The fourth-order valence-electron chi connectivity index (χ4n) is 6.29. The van der Waals surface area contributed by atoms with Crippen LogP contribution in [0.1, 0.15) is 6.92 Å². The minimum Gasteiger partial charge on any atom is -0.405 e. The molecule has 0 aliphatic carbocycles. The largest absolute Gasteiger partial charge is 0.405 e. The Hall–Kier alpha value is -4.80. The van der Waals surface area contributed by atoms with Gasteiger partial charge < -0.3 is 14.9 Å². The number of nitrogens with zero attached hydrogens (tertiary/aromatic N) is 2. The lowest BCUT2D eigenvalue weighted by Crippen LogP contribution is -1.95. The molecule has 0 atom stereocenters. The summed E-state index contributed by atoms with van der Waals surface area (Å²) in [4.78, 5) is 0. The molecule has 0 unspecified atom stereocenters. The number of nitrogens with two attached hydrogens (primary N) is 1. The molecule has 0 spiro atoms. The van der Waals surface area contributed by atoms with E-state index < -0.39 is 0 Å². The molecule has 0 bridgehead atoms. The van der Waals surface area contributed by atoms with Crippen LogP contribution in [-0.2, 0) is 0 Å². The fraction of sp³-hybridized carbons (Fsp3) is 0.0286. The third-order valence-corrected chi connectivity index (χ3v) is 9.12. The first-order valence-electron chi connectivity index (χ1n) is 13.2. The van der Waals surface area contributed by atoms with Crippen LogP contribution in [0.15, 0.2) is 121 Å². The molecular weight excluding hydrogens is 494 g/mol. The highest BCUT2D eigenvalue weighted by Gasteiger charge is 2.18. The van der Waals surface area contributed by atoms with Crippen LogP contribution >= 0.6 is 11.3 Å². The van der Waals surface area contributed by atoms with Gasteiger partial charge in [0.15, 0.2) is 0 Å². The Labute approximate surface area is 229 Å². The average molecular weight is 520 g/mol. The molecule has 0 radical (unpaired) electrons. The molecule has 3 nitrogen and oxygen atoms in total. The first kappa shape index (κ1) is 22.2. The van der Waals surface area contributed by atoms with Gasteiger partial charge in [0.25, 0.3) is 0 Å². The summed E-state index contributed by atoms with van der Waals surface area (Å²) in [5.74, 6) is 0. The minimum absolute atomic E-state index is 1.07. The van der Waals surface area contributed by atoms with Gasteiger partial charge in [-0.25, -0.2) is 0 Å². The molecule has 4 heteroatoms. The third kappa shape index (κ3) is 3.03. The van der Waals surface area contributed by atoms with E-state index in [1.807, 2.05) is 17.4 Å². The number of rotatable bonds is 3. The van der Waals surface area contributed by atoms with Gasteiger partial charge in [0.1, 0.15) is 0 Å². The summed E-state index contributed by atoms with van der Waals surface area (Å²) in [5, 5.41) is 7.71. The van der Waals surface area contributed by atoms with Gasteiger partial charge in [0, 0.05) is 53.1 Å². The van der Waals surface area contributed by atoms with Crippen molar-refractivity contribution in [1.29, 1.82) is 0 Å². The van der Waals surface area contributed by atoms with Crippen LogP contribution < -0.4 is 5.73 Å². The van der Waals surface area contributed by atoms with Crippen molar-refractivity contribution in [3.8, 4) is 5.69 Å². The quantitative estimate of drug-likeness (QED) is 0.232. The second-order valence-electron chi connectivity index (χ2n) is 9.91. The molecule has 3 aromatic heterocycles. The number of fused-ring (bicyclic) bond motifs is 10. The molecule has 0 fully saturated rings. The van der Waals surface area contributed by atoms with E-state index in [1.165, 1.54) is 69.5 Å². The van der Waals surface area contributed by atoms with E-state index >= 15 is 0 Å². The summed E-state index contributed by atoms with van der Waals surface area (Å²) in [6.07, 6.45) is 5.70. The molecule has 8 aromatic rings. The van der Waals surface area contributed by atoms with Gasteiger partial charge in [0.05, 0.1) is 22.1 Å². The van der Waals surface area contributed by atoms with Crippen LogP contribution in [0.25, 0.3) is 75.2 Å². The molecule has 186 valence electrons. The predicted molar refractivity (Wildman–Crippen MR) is 170 cm³/mol. The first-order valence-corrected chi connectivity index (χ1v) is 14.0. The zero-order valence-electron chi connectivity index (χ0n) is 21.4. The van der Waals surface area contributed by atoms with Gasteiger partial charge >= 0.3 is 0 Å². The normalized spacial score (nSPS) is 12.9. The molecular formula is C35H25N3S. The van der Waals surface area contributed by atoms with Crippen molar-refractivity contribution in [3.05, 3.63) is 121 Å². The number of benzene rings is 5. The van der Waals surface area contributed by atoms with Crippen LogP contribution in [0.4, 0.5) is 0 Å². The molecule has 8 rings (SSSR count). The molecule has 0 aliphatic rings. The monoisotopic (exact) mass is 519 g/mol. The standard InChI is InChI=1S/C35H25N3S/c1-2-22(19-20-36)37-31-14-8-5-11-27(31)34-32(37)17-16-26-28-21-23(15-18-33(28)39-35(26)34)38-29-12-6-3-9-24(29)25-10-4-7-13-30(25)38/h2-21H,36H2,1H3/b20-19-,22-2+. The summed E-state index contributed by atoms with van der Waals surface area (Å²) in [7, 11) is 0. The maximum atomic E-state index is 5.83. The fourth-order valence-corrected chi connectivity index (χ4v) is 7.53. The number of hydrogen-bond acceptors (Lipinski definition) is 2. The van der Waals surface area contributed by atoms with E-state index in [9.17, 15) is 0 Å². The van der Waals surface area contributed by atoms with Gasteiger partial charge in [-0.15, -0.1) is 11.3 Å². The van der Waals surface area contributed by atoms with Crippen molar-refractivity contribution in [3.63, 3.8) is 0 Å². The molecule has 0 saturated heterocycles. The Morgan fingerprint density at radius 1 is 0.667 bits per heavy atom. The van der Waals surface area contributed by atoms with Crippen molar-refractivity contribution in [1.82, 2.24) is 9.13 Å². The van der Waals surface area contributed by atoms with Crippen molar-refractivity contribution >= 4 is 80.8 Å². The average Bonchev–Trinajstić information content (AvgIpc) is 3.63. The van der Waals surface area contributed by atoms with Crippen molar-refractivity contribution in [2.75, 3.05) is 0 Å². The summed E-state index contributed by atoms with van der Waals surface area (Å²) < 4.78 is 7.34. The highest BCUT2D eigenvalue weighted by Crippen LogP contribution is 2.44. The van der Waals surface area contributed by atoms with Gasteiger partial charge in [-0.2, -0.15) is 0 Å². The molecule has 0 aliphatic heterocycles. The van der Waals surface area contributed by atoms with Crippen LogP contribution in [0, 0.1) is 0 Å². The van der Waals surface area contributed by atoms with Gasteiger partial charge in [-0.1, -0.05) is 66.7 Å². The number of para-hydroxylation sites is 3. The van der Waals surface area contributed by atoms with Crippen molar-refractivity contribution in [2.45, 2.75) is 6.92 Å². The zero-order valence-corrected chi connectivity index (χ0v) is 22.2. The molecule has 39 heavy (non-hydrogen) atoms. The number of aromatic nitrogens is 2. The summed E-state index contributed by atoms with van der Waals surface area (Å²) in [6.45, 7) is 2.06. The molecule has 0 saturated carbocycles. The Kier molecular flexibility index (Phi) is 4.76. The number of allylic oxidation sites excluding steroid dienone is 3. The Bertz CT molecular complexity index is 2250. The maximum Gasteiger partial charge on any atom is 0.0555 e. The van der Waals surface area contributed by atoms with Crippen LogP contribution in [-0.4, -0.2) is 9.13 Å². The predicted octanol–water partition coefficient (Wildman–Crippen LogP) is 9.59. The lowest BCUT2D eigenvalue weighted by molar-refractivity contribution is 1.19. The molecule has 5 aromatic carbocycles. The van der Waals surface area contributed by atoms with Crippen molar-refractivity contribution < 1.29 is 0 Å². The second kappa shape index (κ2) is 8.35. The smallest absolute Gasteiger partial charge is 0.0555 e. The number of thiophene rings is 1. The lowest BCUT2D eigenvalue weighted by Gasteiger charge is -2.09. The van der Waals surface area contributed by atoms with Crippen LogP contribution in [0.2, 0.25) is 0 Å². The third-order valence-electron chi connectivity index (χ3n) is 7.92. The van der Waals surface area contributed by atoms with Crippen molar-refractivity contribution in [2.24, 2.45) is 5.73 Å². The molecule has 2 N–H and O–H groups in total. The van der Waals surface area contributed by atoms with E-state index in [0.29, 0.717) is 0 Å². The summed E-state index contributed by atoms with van der Waals surface area (Å²) >= 11 is 1.88. The van der Waals surface area contributed by atoms with E-state index in [0.717, 1.165) is 5.70 Å². The lowest BCUT2D eigenvalue weighted by atomic mass is 10.1. The topological polar surface area (TPSA) is 35.9 Å². The van der Waals surface area contributed by atoms with Crippen LogP contribution in [0.3, 0.4) is 0 Å². The van der Waals surface area contributed by atoms with E-state index in [2.05, 4.69) is 125 Å². The Morgan fingerprint density at radius 2 is 1.33 bits per heavy atom. The Balaban J connectivity index is 1.46. The van der Waals surface area contributed by atoms with Gasteiger partial charge in [-0.05, 0) is 61.7 Å². The maximum absolute atomic E-state index is 5.83. The highest BCUT2D eigenvalue weighted by atomic mass is 32.1.